The fourth-order valence-corrected chi connectivity index (χ4v) is 5.40. The Labute approximate surface area is 174 Å². The maximum atomic E-state index is 13.1. The van der Waals surface area contributed by atoms with Crippen molar-refractivity contribution >= 4 is 32.4 Å². The van der Waals surface area contributed by atoms with Crippen LogP contribution in [0.5, 0.6) is 0 Å². The van der Waals surface area contributed by atoms with Crippen molar-refractivity contribution in [2.24, 2.45) is 0 Å². The second-order valence-corrected chi connectivity index (χ2v) is 9.16. The van der Waals surface area contributed by atoms with Crippen molar-refractivity contribution in [3.05, 3.63) is 70.3 Å². The molecular weight excluding hydrogens is 404 g/mol. The summed E-state index contributed by atoms with van der Waals surface area (Å²) in [6.45, 7) is 1.42. The van der Waals surface area contributed by atoms with Crippen LogP contribution in [0.2, 0.25) is 0 Å². The van der Waals surface area contributed by atoms with Crippen molar-refractivity contribution in [3.63, 3.8) is 0 Å². The summed E-state index contributed by atoms with van der Waals surface area (Å²) in [6.07, 6.45) is 2.84. The molecule has 2 aromatic carbocycles. The zero-order chi connectivity index (χ0) is 21.1. The minimum atomic E-state index is -3.54. The number of hydrogen-bond donors (Lipinski definition) is 1. The number of nitrogens with zero attached hydrogens (tertiary/aromatic N) is 3. The first-order valence-electron chi connectivity index (χ1n) is 9.82. The number of rotatable bonds is 6. The van der Waals surface area contributed by atoms with E-state index in [2.05, 4.69) is 10.3 Å². The lowest BCUT2D eigenvalue weighted by atomic mass is 10.2. The van der Waals surface area contributed by atoms with Crippen LogP contribution in [0.4, 0.5) is 11.5 Å². The lowest BCUT2D eigenvalue weighted by Crippen LogP contribution is -2.36. The van der Waals surface area contributed by atoms with Crippen LogP contribution in [0.25, 0.3) is 10.9 Å². The van der Waals surface area contributed by atoms with Gasteiger partial charge in [-0.05, 0) is 42.7 Å². The van der Waals surface area contributed by atoms with Crippen LogP contribution in [-0.2, 0) is 16.6 Å². The molecule has 0 atom stereocenters. The minimum Gasteiger partial charge on any atom is -0.366 e. The van der Waals surface area contributed by atoms with Crippen molar-refractivity contribution in [2.75, 3.05) is 18.4 Å². The highest BCUT2D eigenvalue weighted by Crippen LogP contribution is 2.25. The van der Waals surface area contributed by atoms with Gasteiger partial charge in [-0.1, -0.05) is 24.6 Å². The molecule has 9 heteroatoms. The molecule has 1 fully saturated rings. The van der Waals surface area contributed by atoms with Gasteiger partial charge in [0.2, 0.25) is 10.0 Å². The molecule has 0 saturated carbocycles. The van der Waals surface area contributed by atoms with Gasteiger partial charge >= 0.3 is 0 Å². The van der Waals surface area contributed by atoms with Gasteiger partial charge in [-0.15, -0.1) is 0 Å². The predicted octanol–water partition coefficient (Wildman–Crippen LogP) is 3.93. The topological polar surface area (TPSA) is 105 Å². The molecule has 1 N–H and O–H groups in total. The Bertz CT molecular complexity index is 1190. The molecule has 8 nitrogen and oxygen atoms in total. The lowest BCUT2D eigenvalue weighted by Gasteiger charge is -2.26. The normalized spacial score (nSPS) is 15.2. The van der Waals surface area contributed by atoms with Gasteiger partial charge in [0.1, 0.15) is 5.82 Å². The van der Waals surface area contributed by atoms with E-state index < -0.39 is 14.9 Å². The molecule has 4 rings (SSSR count). The minimum absolute atomic E-state index is 0.0156. The Morgan fingerprint density at radius 1 is 1.03 bits per heavy atom. The summed E-state index contributed by atoms with van der Waals surface area (Å²) in [7, 11) is -3.54. The number of aromatic nitrogens is 1. The number of fused-ring (bicyclic) bond motifs is 1. The van der Waals surface area contributed by atoms with Crippen LogP contribution in [0.15, 0.2) is 59.5 Å². The van der Waals surface area contributed by atoms with E-state index >= 15 is 0 Å². The molecule has 1 aliphatic heterocycles. The van der Waals surface area contributed by atoms with Gasteiger partial charge in [-0.3, -0.25) is 10.1 Å². The number of nitro groups is 1. The van der Waals surface area contributed by atoms with Crippen LogP contribution in [0.1, 0.15) is 24.8 Å². The van der Waals surface area contributed by atoms with Crippen LogP contribution in [0.3, 0.4) is 0 Å². The second-order valence-electron chi connectivity index (χ2n) is 7.26. The number of sulfonamides is 1. The van der Waals surface area contributed by atoms with E-state index in [9.17, 15) is 18.5 Å². The number of nitrogens with one attached hydrogen (secondary N) is 1. The molecule has 156 valence electrons. The van der Waals surface area contributed by atoms with E-state index in [1.54, 1.807) is 40.7 Å². The summed E-state index contributed by atoms with van der Waals surface area (Å²) in [4.78, 5) is 15.3. The summed E-state index contributed by atoms with van der Waals surface area (Å²) < 4.78 is 27.8. The Hall–Kier alpha value is -3.04. The Morgan fingerprint density at radius 2 is 1.80 bits per heavy atom. The first-order chi connectivity index (χ1) is 14.4. The van der Waals surface area contributed by atoms with Crippen LogP contribution in [-0.4, -0.2) is 35.7 Å². The van der Waals surface area contributed by atoms with Gasteiger partial charge in [0.05, 0.1) is 15.3 Å². The first-order valence-corrected chi connectivity index (χ1v) is 11.3. The summed E-state index contributed by atoms with van der Waals surface area (Å²) in [6, 6.07) is 15.0. The van der Waals surface area contributed by atoms with E-state index in [4.69, 9.17) is 0 Å². The Morgan fingerprint density at radius 3 is 2.57 bits per heavy atom. The molecule has 30 heavy (non-hydrogen) atoms. The van der Waals surface area contributed by atoms with Crippen LogP contribution < -0.4 is 5.32 Å². The number of nitro benzene ring substituents is 1. The lowest BCUT2D eigenvalue weighted by molar-refractivity contribution is -0.384. The average Bonchev–Trinajstić information content (AvgIpc) is 2.78. The monoisotopic (exact) mass is 426 g/mol. The summed E-state index contributed by atoms with van der Waals surface area (Å²) in [5, 5.41) is 14.8. The number of benzene rings is 2. The zero-order valence-corrected chi connectivity index (χ0v) is 17.1. The van der Waals surface area contributed by atoms with E-state index in [1.807, 2.05) is 6.07 Å². The molecule has 1 aromatic heterocycles. The summed E-state index contributed by atoms with van der Waals surface area (Å²) >= 11 is 0. The molecule has 2 heterocycles. The molecule has 1 aliphatic rings. The van der Waals surface area contributed by atoms with Gasteiger partial charge in [0.15, 0.2) is 0 Å². The number of anilines is 1. The van der Waals surface area contributed by atoms with Gasteiger partial charge in [-0.2, -0.15) is 4.31 Å². The maximum Gasteiger partial charge on any atom is 0.270 e. The Balaban J connectivity index is 1.55. The predicted molar refractivity (Wildman–Crippen MR) is 115 cm³/mol. The molecule has 3 aromatic rings. The molecule has 0 aliphatic carbocycles. The molecule has 0 spiro atoms. The third-order valence-corrected chi connectivity index (χ3v) is 7.25. The molecule has 0 unspecified atom stereocenters. The number of non-ortho nitro benzene ring substituents is 1. The van der Waals surface area contributed by atoms with E-state index in [0.717, 1.165) is 19.3 Å². The average molecular weight is 426 g/mol. The third kappa shape index (κ3) is 4.12. The van der Waals surface area contributed by atoms with E-state index in [1.165, 1.54) is 12.1 Å². The van der Waals surface area contributed by atoms with Crippen molar-refractivity contribution < 1.29 is 13.3 Å². The van der Waals surface area contributed by atoms with Gasteiger partial charge in [0.25, 0.3) is 5.69 Å². The highest BCUT2D eigenvalue weighted by atomic mass is 32.2. The quantitative estimate of drug-likeness (QED) is 0.473. The van der Waals surface area contributed by atoms with Gasteiger partial charge < -0.3 is 5.32 Å². The van der Waals surface area contributed by atoms with Crippen molar-refractivity contribution in [1.82, 2.24) is 9.29 Å². The van der Waals surface area contributed by atoms with Crippen LogP contribution >= 0.6 is 0 Å². The summed E-state index contributed by atoms with van der Waals surface area (Å²) in [5.41, 5.74) is 1.32. The molecule has 0 radical (unpaired) electrons. The highest BCUT2D eigenvalue weighted by Gasteiger charge is 2.27. The smallest absolute Gasteiger partial charge is 0.270 e. The fourth-order valence-electron chi connectivity index (χ4n) is 3.66. The summed E-state index contributed by atoms with van der Waals surface area (Å²) in [5.74, 6) is 0.571. The standard InChI is InChI=1S/C21H22N4O4S/c26-25(27)18-9-10-19-16(14-18)8-11-21(23-19)22-15-17-6-2-3-7-20(17)30(28,29)24-12-4-1-5-13-24/h2-3,6-11,14H,1,4-5,12-13,15H2,(H,22,23). The van der Waals surface area contributed by atoms with Crippen LogP contribution in [0, 0.1) is 10.1 Å². The third-order valence-electron chi connectivity index (χ3n) is 5.25. The fraction of sp³-hybridized carbons (Fsp3) is 0.286. The van der Waals surface area contributed by atoms with Gasteiger partial charge in [0, 0.05) is 37.2 Å². The SMILES string of the molecule is O=[N+]([O-])c1ccc2nc(NCc3ccccc3S(=O)(=O)N3CCCCC3)ccc2c1. The van der Waals surface area contributed by atoms with Gasteiger partial charge in [-0.25, -0.2) is 13.4 Å². The largest absolute Gasteiger partial charge is 0.366 e. The van der Waals surface area contributed by atoms with E-state index in [0.29, 0.717) is 46.8 Å². The highest BCUT2D eigenvalue weighted by molar-refractivity contribution is 7.89. The van der Waals surface area contributed by atoms with E-state index in [-0.39, 0.29) is 5.69 Å². The van der Waals surface area contributed by atoms with Crippen molar-refractivity contribution in [1.29, 1.82) is 0 Å². The molecule has 1 saturated heterocycles. The first kappa shape index (κ1) is 20.2. The number of piperidine rings is 1. The maximum absolute atomic E-state index is 13.1. The number of pyridine rings is 1. The zero-order valence-electron chi connectivity index (χ0n) is 16.3. The molecular formula is C21H22N4O4S. The van der Waals surface area contributed by atoms with Crippen molar-refractivity contribution in [3.8, 4) is 0 Å². The van der Waals surface area contributed by atoms with Crippen molar-refractivity contribution in [2.45, 2.75) is 30.7 Å². The molecule has 0 bridgehead atoms. The Kier molecular flexibility index (Phi) is 5.65. The second kappa shape index (κ2) is 8.37. The molecule has 0 amide bonds. The number of hydrogen-bond acceptors (Lipinski definition) is 6.